The maximum absolute atomic E-state index is 7.01. The van der Waals surface area contributed by atoms with Gasteiger partial charge in [0.05, 0.1) is 11.2 Å². The van der Waals surface area contributed by atoms with Gasteiger partial charge in [-0.1, -0.05) is 105 Å². The zero-order chi connectivity index (χ0) is 19.0. The van der Waals surface area contributed by atoms with Gasteiger partial charge in [0.15, 0.2) is 0 Å². The van der Waals surface area contributed by atoms with Gasteiger partial charge in [0.25, 0.3) is 0 Å². The lowest BCUT2D eigenvalue weighted by atomic mass is 9.87. The Labute approximate surface area is 160 Å². The molecule has 0 aromatic rings. The predicted octanol–water partition coefficient (Wildman–Crippen LogP) is 8.84. The molecule has 0 aromatic carbocycles. The third-order valence-electron chi connectivity index (χ3n) is 5.73. The lowest BCUT2D eigenvalue weighted by molar-refractivity contribution is -0.157. The first kappa shape index (κ1) is 25.0. The normalized spacial score (nSPS) is 12.7. The van der Waals surface area contributed by atoms with Crippen LogP contribution in [0, 0.1) is 0 Å². The van der Waals surface area contributed by atoms with Crippen molar-refractivity contribution in [3.05, 3.63) is 0 Å². The molecule has 0 aromatic heterocycles. The maximum Gasteiger partial charge on any atom is 0.0662 e. The Balaban J connectivity index is 4.90. The Hall–Kier alpha value is -0.0400. The average molecular weight is 355 g/mol. The zero-order valence-electron chi connectivity index (χ0n) is 18.7. The van der Waals surface area contributed by atoms with Gasteiger partial charge in [0, 0.05) is 0 Å². The molecule has 0 bridgehead atoms. The van der Waals surface area contributed by atoms with Crippen molar-refractivity contribution in [1.29, 1.82) is 0 Å². The molecule has 1 heteroatoms. The second-order valence-corrected chi connectivity index (χ2v) is 8.83. The number of hydrogen-bond acceptors (Lipinski definition) is 1. The van der Waals surface area contributed by atoms with Crippen molar-refractivity contribution < 1.29 is 4.74 Å². The quantitative estimate of drug-likeness (QED) is 0.223. The van der Waals surface area contributed by atoms with Crippen LogP contribution < -0.4 is 0 Å². The molecule has 0 radical (unpaired) electrons. The van der Waals surface area contributed by atoms with Crippen LogP contribution in [0.4, 0.5) is 0 Å². The van der Waals surface area contributed by atoms with E-state index in [1.807, 2.05) is 0 Å². The van der Waals surface area contributed by atoms with Crippen LogP contribution in [0.25, 0.3) is 0 Å². The fourth-order valence-corrected chi connectivity index (χ4v) is 4.04. The third-order valence-corrected chi connectivity index (χ3v) is 5.73. The minimum Gasteiger partial charge on any atom is -0.369 e. The van der Waals surface area contributed by atoms with E-state index in [1.54, 1.807) is 0 Å². The summed E-state index contributed by atoms with van der Waals surface area (Å²) in [5.41, 5.74) is 0.162. The van der Waals surface area contributed by atoms with E-state index in [1.165, 1.54) is 103 Å². The molecule has 0 saturated heterocycles. The molecule has 0 N–H and O–H groups in total. The molecule has 0 atom stereocenters. The summed E-state index contributed by atoms with van der Waals surface area (Å²) < 4.78 is 7.01. The highest BCUT2D eigenvalue weighted by atomic mass is 16.5. The summed E-state index contributed by atoms with van der Waals surface area (Å²) in [5, 5.41) is 0. The molecule has 0 rings (SSSR count). The van der Waals surface area contributed by atoms with E-state index in [2.05, 4.69) is 41.5 Å². The Kier molecular flexibility index (Phi) is 15.0. The molecule has 0 fully saturated rings. The zero-order valence-corrected chi connectivity index (χ0v) is 18.7. The van der Waals surface area contributed by atoms with E-state index in [9.17, 15) is 0 Å². The standard InChI is InChI=1S/C24H50O/c1-7-11-15-19-23(5,20-16-12-8-2)25-24(6,21-17-13-9-3)22-18-14-10-4/h7-22H2,1-6H3. The summed E-state index contributed by atoms with van der Waals surface area (Å²) in [4.78, 5) is 0. The summed E-state index contributed by atoms with van der Waals surface area (Å²) in [7, 11) is 0. The molecular weight excluding hydrogens is 304 g/mol. The van der Waals surface area contributed by atoms with Crippen LogP contribution in [-0.4, -0.2) is 11.2 Å². The van der Waals surface area contributed by atoms with Crippen LogP contribution >= 0.6 is 0 Å². The number of ether oxygens (including phenoxy) is 1. The average Bonchev–Trinajstić information content (AvgIpc) is 2.56. The van der Waals surface area contributed by atoms with Crippen molar-refractivity contribution in [2.75, 3.05) is 0 Å². The van der Waals surface area contributed by atoms with Crippen molar-refractivity contribution in [1.82, 2.24) is 0 Å². The van der Waals surface area contributed by atoms with E-state index in [0.717, 1.165) is 0 Å². The molecule has 0 spiro atoms. The van der Waals surface area contributed by atoms with Gasteiger partial charge in [-0.2, -0.15) is 0 Å². The van der Waals surface area contributed by atoms with E-state index in [0.29, 0.717) is 0 Å². The molecule has 0 saturated carbocycles. The summed E-state index contributed by atoms with van der Waals surface area (Å²) in [6, 6.07) is 0. The van der Waals surface area contributed by atoms with Crippen molar-refractivity contribution in [2.24, 2.45) is 0 Å². The fraction of sp³-hybridized carbons (Fsp3) is 1.00. The third kappa shape index (κ3) is 12.9. The molecule has 0 aliphatic carbocycles. The monoisotopic (exact) mass is 354 g/mol. The summed E-state index contributed by atoms with van der Waals surface area (Å²) in [6.07, 6.45) is 20.8. The highest BCUT2D eigenvalue weighted by Crippen LogP contribution is 2.36. The highest BCUT2D eigenvalue weighted by Gasteiger charge is 2.34. The molecule has 152 valence electrons. The topological polar surface area (TPSA) is 9.23 Å². The molecule has 1 nitrogen and oxygen atoms in total. The second-order valence-electron chi connectivity index (χ2n) is 8.83. The number of unbranched alkanes of at least 4 members (excludes halogenated alkanes) is 8. The van der Waals surface area contributed by atoms with Gasteiger partial charge in [0.2, 0.25) is 0 Å². The van der Waals surface area contributed by atoms with Gasteiger partial charge >= 0.3 is 0 Å². The van der Waals surface area contributed by atoms with Crippen LogP contribution in [0.1, 0.15) is 144 Å². The van der Waals surface area contributed by atoms with Gasteiger partial charge in [-0.25, -0.2) is 0 Å². The van der Waals surface area contributed by atoms with Crippen molar-refractivity contribution in [3.63, 3.8) is 0 Å². The van der Waals surface area contributed by atoms with Gasteiger partial charge < -0.3 is 4.74 Å². The van der Waals surface area contributed by atoms with E-state index < -0.39 is 0 Å². The van der Waals surface area contributed by atoms with Crippen molar-refractivity contribution in [3.8, 4) is 0 Å². The number of rotatable bonds is 18. The number of hydrogen-bond donors (Lipinski definition) is 0. The lowest BCUT2D eigenvalue weighted by Crippen LogP contribution is -2.41. The van der Waals surface area contributed by atoms with Crippen LogP contribution in [-0.2, 0) is 4.74 Å². The SMILES string of the molecule is CCCCCC(C)(CCCCC)OC(C)(CCCCC)CCCCC. The lowest BCUT2D eigenvalue weighted by Gasteiger charge is -2.41. The molecule has 25 heavy (non-hydrogen) atoms. The molecule has 0 aliphatic rings. The first-order chi connectivity index (χ1) is 11.9. The van der Waals surface area contributed by atoms with Crippen LogP contribution in [0.5, 0.6) is 0 Å². The first-order valence-electron chi connectivity index (χ1n) is 11.7. The van der Waals surface area contributed by atoms with E-state index in [-0.39, 0.29) is 11.2 Å². The molecular formula is C24H50O. The highest BCUT2D eigenvalue weighted by molar-refractivity contribution is 4.84. The van der Waals surface area contributed by atoms with Gasteiger partial charge in [0.1, 0.15) is 0 Å². The van der Waals surface area contributed by atoms with Crippen LogP contribution in [0.3, 0.4) is 0 Å². The molecule has 0 unspecified atom stereocenters. The smallest absolute Gasteiger partial charge is 0.0662 e. The maximum atomic E-state index is 7.01. The largest absolute Gasteiger partial charge is 0.369 e. The Morgan fingerprint density at radius 1 is 0.440 bits per heavy atom. The van der Waals surface area contributed by atoms with Gasteiger partial charge in [-0.15, -0.1) is 0 Å². The Morgan fingerprint density at radius 3 is 0.880 bits per heavy atom. The van der Waals surface area contributed by atoms with E-state index in [4.69, 9.17) is 4.74 Å². The fourth-order valence-electron chi connectivity index (χ4n) is 4.04. The summed E-state index contributed by atoms with van der Waals surface area (Å²) in [5.74, 6) is 0. The molecule has 0 heterocycles. The minimum absolute atomic E-state index is 0.0809. The minimum atomic E-state index is 0.0809. The van der Waals surface area contributed by atoms with Crippen molar-refractivity contribution >= 4 is 0 Å². The van der Waals surface area contributed by atoms with Gasteiger partial charge in [-0.05, 0) is 39.5 Å². The van der Waals surface area contributed by atoms with Crippen LogP contribution in [0.15, 0.2) is 0 Å². The molecule has 0 amide bonds. The summed E-state index contributed by atoms with van der Waals surface area (Å²) >= 11 is 0. The van der Waals surface area contributed by atoms with Gasteiger partial charge in [-0.3, -0.25) is 0 Å². The second kappa shape index (κ2) is 15.1. The predicted molar refractivity (Wildman–Crippen MR) is 114 cm³/mol. The first-order valence-corrected chi connectivity index (χ1v) is 11.7. The summed E-state index contributed by atoms with van der Waals surface area (Å²) in [6.45, 7) is 14.0. The van der Waals surface area contributed by atoms with E-state index >= 15 is 0 Å². The molecule has 0 aliphatic heterocycles. The van der Waals surface area contributed by atoms with Crippen LogP contribution in [0.2, 0.25) is 0 Å². The Bertz CT molecular complexity index is 236. The van der Waals surface area contributed by atoms with Crippen molar-refractivity contribution in [2.45, 2.75) is 155 Å². The Morgan fingerprint density at radius 2 is 0.680 bits per heavy atom.